The van der Waals surface area contributed by atoms with Crippen molar-refractivity contribution in [2.45, 2.75) is 25.6 Å². The first kappa shape index (κ1) is 11.9. The predicted octanol–water partition coefficient (Wildman–Crippen LogP) is 0.425. The van der Waals surface area contributed by atoms with Gasteiger partial charge in [-0.2, -0.15) is 0 Å². The van der Waals surface area contributed by atoms with Crippen LogP contribution in [0, 0.1) is 0 Å². The lowest BCUT2D eigenvalue weighted by molar-refractivity contribution is -0.139. The summed E-state index contributed by atoms with van der Waals surface area (Å²) < 4.78 is 2.04. The molecule has 1 aliphatic heterocycles. The van der Waals surface area contributed by atoms with Crippen molar-refractivity contribution in [3.05, 3.63) is 47.8 Å². The lowest BCUT2D eigenvalue weighted by Gasteiger charge is -2.21. The Balaban J connectivity index is 1.81. The normalized spacial score (nSPS) is 18.0. The van der Waals surface area contributed by atoms with Crippen molar-refractivity contribution in [1.29, 1.82) is 0 Å². The zero-order valence-corrected chi connectivity index (χ0v) is 10.3. The number of imidazole rings is 1. The van der Waals surface area contributed by atoms with E-state index in [1.807, 2.05) is 22.9 Å². The van der Waals surface area contributed by atoms with E-state index in [9.17, 15) is 4.79 Å². The number of nitrogens with one attached hydrogen (secondary N) is 1. The predicted molar refractivity (Wildman–Crippen MR) is 67.5 cm³/mol. The number of carbonyl (C=O) groups is 1. The molecule has 2 aromatic rings. The molecule has 0 saturated heterocycles. The minimum Gasteiger partial charge on any atom is -0.480 e. The van der Waals surface area contributed by atoms with Gasteiger partial charge in [0.05, 0.1) is 24.3 Å². The molecule has 0 spiro atoms. The standard InChI is InChI=1S/C13H14N4O2/c18-13(19)11-4-10-12(6-15-11)17(8-16-10)7-9-2-1-3-14-5-9/h1-3,5,8,11,15H,4,6-7H2,(H,18,19). The Hall–Kier alpha value is -2.21. The summed E-state index contributed by atoms with van der Waals surface area (Å²) in [5.41, 5.74) is 3.03. The minimum atomic E-state index is -0.826. The second kappa shape index (κ2) is 4.81. The van der Waals surface area contributed by atoms with Crippen molar-refractivity contribution in [1.82, 2.24) is 19.9 Å². The number of aliphatic carboxylic acids is 1. The summed E-state index contributed by atoms with van der Waals surface area (Å²) in [6.07, 6.45) is 5.77. The largest absolute Gasteiger partial charge is 0.480 e. The molecule has 3 rings (SSSR count). The molecule has 1 atom stereocenters. The molecule has 0 fully saturated rings. The van der Waals surface area contributed by atoms with E-state index in [-0.39, 0.29) is 0 Å². The van der Waals surface area contributed by atoms with Crippen LogP contribution in [0.15, 0.2) is 30.9 Å². The molecule has 0 radical (unpaired) electrons. The van der Waals surface area contributed by atoms with Crippen molar-refractivity contribution >= 4 is 5.97 Å². The molecule has 98 valence electrons. The molecule has 6 heteroatoms. The van der Waals surface area contributed by atoms with E-state index in [1.54, 1.807) is 12.5 Å². The third-order valence-corrected chi connectivity index (χ3v) is 3.32. The third kappa shape index (κ3) is 2.34. The topological polar surface area (TPSA) is 80.0 Å². The van der Waals surface area contributed by atoms with Crippen LogP contribution in [0.25, 0.3) is 0 Å². The van der Waals surface area contributed by atoms with Gasteiger partial charge in [-0.15, -0.1) is 0 Å². The summed E-state index contributed by atoms with van der Waals surface area (Å²) in [5.74, 6) is -0.826. The molecule has 2 aromatic heterocycles. The molecule has 1 unspecified atom stereocenters. The number of carboxylic acid groups (broad SMARTS) is 1. The van der Waals surface area contributed by atoms with E-state index in [1.165, 1.54) is 0 Å². The molecule has 0 bridgehead atoms. The van der Waals surface area contributed by atoms with Gasteiger partial charge in [0.2, 0.25) is 0 Å². The van der Waals surface area contributed by atoms with Crippen LogP contribution in [0.1, 0.15) is 17.0 Å². The van der Waals surface area contributed by atoms with Gasteiger partial charge in [0, 0.05) is 25.4 Å². The van der Waals surface area contributed by atoms with Gasteiger partial charge in [-0.05, 0) is 11.6 Å². The molecular weight excluding hydrogens is 244 g/mol. The average molecular weight is 258 g/mol. The van der Waals surface area contributed by atoms with Crippen molar-refractivity contribution in [2.24, 2.45) is 0 Å². The van der Waals surface area contributed by atoms with Gasteiger partial charge in [0.25, 0.3) is 0 Å². The Bertz CT molecular complexity index is 594. The van der Waals surface area contributed by atoms with Crippen molar-refractivity contribution in [2.75, 3.05) is 0 Å². The van der Waals surface area contributed by atoms with Crippen LogP contribution in [-0.2, 0) is 24.3 Å². The first-order valence-electron chi connectivity index (χ1n) is 6.12. The van der Waals surface area contributed by atoms with Crippen LogP contribution in [0.2, 0.25) is 0 Å². The van der Waals surface area contributed by atoms with Crippen LogP contribution < -0.4 is 5.32 Å². The van der Waals surface area contributed by atoms with Gasteiger partial charge in [-0.25, -0.2) is 4.98 Å². The van der Waals surface area contributed by atoms with Crippen molar-refractivity contribution in [3.63, 3.8) is 0 Å². The lowest BCUT2D eigenvalue weighted by Crippen LogP contribution is -2.42. The van der Waals surface area contributed by atoms with E-state index in [0.717, 1.165) is 17.0 Å². The highest BCUT2D eigenvalue weighted by molar-refractivity contribution is 5.74. The molecule has 0 amide bonds. The number of carboxylic acids is 1. The number of rotatable bonds is 3. The quantitative estimate of drug-likeness (QED) is 0.834. The highest BCUT2D eigenvalue weighted by atomic mass is 16.4. The Kier molecular flexibility index (Phi) is 3.00. The van der Waals surface area contributed by atoms with Gasteiger partial charge in [-0.3, -0.25) is 15.1 Å². The second-order valence-electron chi connectivity index (χ2n) is 4.60. The molecule has 0 aliphatic carbocycles. The van der Waals surface area contributed by atoms with Gasteiger partial charge in [0.15, 0.2) is 0 Å². The highest BCUT2D eigenvalue weighted by Gasteiger charge is 2.26. The van der Waals surface area contributed by atoms with E-state index < -0.39 is 12.0 Å². The van der Waals surface area contributed by atoms with Crippen molar-refractivity contribution < 1.29 is 9.90 Å². The number of hydrogen-bond donors (Lipinski definition) is 2. The maximum atomic E-state index is 11.0. The Labute approximate surface area is 110 Å². The van der Waals surface area contributed by atoms with E-state index >= 15 is 0 Å². The summed E-state index contributed by atoms with van der Waals surface area (Å²) in [4.78, 5) is 19.4. The van der Waals surface area contributed by atoms with Crippen LogP contribution in [-0.4, -0.2) is 31.7 Å². The summed E-state index contributed by atoms with van der Waals surface area (Å²) >= 11 is 0. The van der Waals surface area contributed by atoms with E-state index in [4.69, 9.17) is 5.11 Å². The summed E-state index contributed by atoms with van der Waals surface area (Å²) in [6.45, 7) is 1.24. The Morgan fingerprint density at radius 1 is 1.58 bits per heavy atom. The Morgan fingerprint density at radius 2 is 2.47 bits per heavy atom. The summed E-state index contributed by atoms with van der Waals surface area (Å²) in [7, 11) is 0. The minimum absolute atomic E-state index is 0.435. The number of nitrogens with zero attached hydrogens (tertiary/aromatic N) is 3. The summed E-state index contributed by atoms with van der Waals surface area (Å²) in [5, 5.41) is 12.0. The third-order valence-electron chi connectivity index (χ3n) is 3.32. The maximum absolute atomic E-state index is 11.0. The average Bonchev–Trinajstić information content (AvgIpc) is 2.82. The fraction of sp³-hybridized carbons (Fsp3) is 0.308. The van der Waals surface area contributed by atoms with Gasteiger partial charge < -0.3 is 9.67 Å². The monoisotopic (exact) mass is 258 g/mol. The molecule has 6 nitrogen and oxygen atoms in total. The van der Waals surface area contributed by atoms with Gasteiger partial charge in [0.1, 0.15) is 6.04 Å². The summed E-state index contributed by atoms with van der Waals surface area (Å²) in [6, 6.07) is 3.38. The second-order valence-corrected chi connectivity index (χ2v) is 4.60. The molecule has 0 saturated carbocycles. The first-order valence-corrected chi connectivity index (χ1v) is 6.12. The number of aromatic nitrogens is 3. The first-order chi connectivity index (χ1) is 9.24. The molecular formula is C13H14N4O2. The molecule has 1 aliphatic rings. The van der Waals surface area contributed by atoms with Crippen LogP contribution in [0.3, 0.4) is 0 Å². The molecule has 3 heterocycles. The van der Waals surface area contributed by atoms with Crippen LogP contribution in [0.5, 0.6) is 0 Å². The fourth-order valence-electron chi connectivity index (χ4n) is 2.31. The molecule has 19 heavy (non-hydrogen) atoms. The highest BCUT2D eigenvalue weighted by Crippen LogP contribution is 2.16. The van der Waals surface area contributed by atoms with Gasteiger partial charge in [-0.1, -0.05) is 6.07 Å². The zero-order valence-electron chi connectivity index (χ0n) is 10.3. The fourth-order valence-corrected chi connectivity index (χ4v) is 2.31. The lowest BCUT2D eigenvalue weighted by atomic mass is 10.1. The molecule has 2 N–H and O–H groups in total. The smallest absolute Gasteiger partial charge is 0.321 e. The van der Waals surface area contributed by atoms with E-state index in [2.05, 4.69) is 15.3 Å². The molecule has 0 aromatic carbocycles. The number of hydrogen-bond acceptors (Lipinski definition) is 4. The number of pyridine rings is 1. The van der Waals surface area contributed by atoms with Crippen LogP contribution in [0.4, 0.5) is 0 Å². The van der Waals surface area contributed by atoms with E-state index in [0.29, 0.717) is 19.5 Å². The maximum Gasteiger partial charge on any atom is 0.321 e. The van der Waals surface area contributed by atoms with Gasteiger partial charge >= 0.3 is 5.97 Å². The zero-order chi connectivity index (χ0) is 13.2. The SMILES string of the molecule is O=C(O)C1Cc2ncn(Cc3cccnc3)c2CN1. The van der Waals surface area contributed by atoms with Crippen molar-refractivity contribution in [3.8, 4) is 0 Å². The van der Waals surface area contributed by atoms with Crippen LogP contribution >= 0.6 is 0 Å². The number of fused-ring (bicyclic) bond motifs is 1. The Morgan fingerprint density at radius 3 is 3.21 bits per heavy atom.